The number of carbonyl (C=O) groups is 1. The molecule has 2 aromatic carbocycles. The van der Waals surface area contributed by atoms with Crippen LogP contribution < -0.4 is 10.0 Å². The zero-order valence-corrected chi connectivity index (χ0v) is 16.1. The van der Waals surface area contributed by atoms with Crippen LogP contribution in [0.2, 0.25) is 0 Å². The van der Waals surface area contributed by atoms with Crippen LogP contribution in [0.15, 0.2) is 52.3 Å². The molecule has 134 valence electrons. The average Bonchev–Trinajstić information content (AvgIpc) is 2.57. The SMILES string of the molecule is CSc1ccccc1NC(=O)CCNS(=O)(=O)c1ccc(C)c(C)c1. The number of para-hydroxylation sites is 1. The van der Waals surface area contributed by atoms with Crippen molar-refractivity contribution in [3.8, 4) is 0 Å². The molecule has 2 aromatic rings. The average molecular weight is 379 g/mol. The summed E-state index contributed by atoms with van der Waals surface area (Å²) in [7, 11) is -3.62. The topological polar surface area (TPSA) is 75.3 Å². The summed E-state index contributed by atoms with van der Waals surface area (Å²) in [6.45, 7) is 3.84. The third-order valence-corrected chi connectivity index (χ3v) is 6.07. The van der Waals surface area contributed by atoms with Gasteiger partial charge in [-0.15, -0.1) is 11.8 Å². The number of amides is 1. The lowest BCUT2D eigenvalue weighted by molar-refractivity contribution is -0.116. The van der Waals surface area contributed by atoms with Crippen LogP contribution in [0.4, 0.5) is 5.69 Å². The normalized spacial score (nSPS) is 11.3. The molecule has 0 unspecified atom stereocenters. The molecule has 0 spiro atoms. The second-order valence-electron chi connectivity index (χ2n) is 5.64. The largest absolute Gasteiger partial charge is 0.325 e. The van der Waals surface area contributed by atoms with E-state index in [0.29, 0.717) is 0 Å². The van der Waals surface area contributed by atoms with Gasteiger partial charge < -0.3 is 5.32 Å². The number of hydrogen-bond donors (Lipinski definition) is 2. The standard InChI is InChI=1S/C18H22N2O3S2/c1-13-8-9-15(12-14(13)2)25(22,23)19-11-10-18(21)20-16-6-4-5-7-17(16)24-3/h4-9,12,19H,10-11H2,1-3H3,(H,20,21). The van der Waals surface area contributed by atoms with E-state index in [1.807, 2.05) is 44.4 Å². The molecule has 0 saturated heterocycles. The van der Waals surface area contributed by atoms with E-state index in [1.54, 1.807) is 18.2 Å². The molecule has 0 aliphatic carbocycles. The molecule has 0 bridgehead atoms. The lowest BCUT2D eigenvalue weighted by Gasteiger charge is -2.10. The zero-order valence-electron chi connectivity index (χ0n) is 14.5. The van der Waals surface area contributed by atoms with Crippen LogP contribution in [0.25, 0.3) is 0 Å². The van der Waals surface area contributed by atoms with E-state index in [2.05, 4.69) is 10.0 Å². The monoisotopic (exact) mass is 378 g/mol. The first-order valence-corrected chi connectivity index (χ1v) is 10.5. The minimum absolute atomic E-state index is 0.0442. The van der Waals surface area contributed by atoms with Crippen molar-refractivity contribution in [2.75, 3.05) is 18.1 Å². The Kier molecular flexibility index (Phi) is 6.64. The molecule has 0 heterocycles. The van der Waals surface area contributed by atoms with Gasteiger partial charge in [-0.2, -0.15) is 0 Å². The number of thioether (sulfide) groups is 1. The second-order valence-corrected chi connectivity index (χ2v) is 8.26. The molecule has 0 aliphatic heterocycles. The molecular weight excluding hydrogens is 356 g/mol. The molecule has 5 nitrogen and oxygen atoms in total. The highest BCUT2D eigenvalue weighted by Gasteiger charge is 2.15. The summed E-state index contributed by atoms with van der Waals surface area (Å²) in [5, 5.41) is 2.81. The number of anilines is 1. The number of hydrogen-bond acceptors (Lipinski definition) is 4. The highest BCUT2D eigenvalue weighted by atomic mass is 32.2. The van der Waals surface area contributed by atoms with Crippen LogP contribution in [-0.4, -0.2) is 27.1 Å². The maximum atomic E-state index is 12.3. The summed E-state index contributed by atoms with van der Waals surface area (Å²) in [6.07, 6.45) is 2.00. The Morgan fingerprint density at radius 2 is 1.80 bits per heavy atom. The summed E-state index contributed by atoms with van der Waals surface area (Å²) in [4.78, 5) is 13.2. The van der Waals surface area contributed by atoms with Gasteiger partial charge in [0.25, 0.3) is 0 Å². The predicted molar refractivity (Wildman–Crippen MR) is 103 cm³/mol. The highest BCUT2D eigenvalue weighted by molar-refractivity contribution is 7.98. The molecule has 25 heavy (non-hydrogen) atoms. The summed E-state index contributed by atoms with van der Waals surface area (Å²) < 4.78 is 27.1. The Labute approximate surface area is 153 Å². The molecule has 1 amide bonds. The summed E-state index contributed by atoms with van der Waals surface area (Å²) in [6, 6.07) is 12.5. The van der Waals surface area contributed by atoms with Gasteiger partial charge in [-0.1, -0.05) is 18.2 Å². The molecule has 0 radical (unpaired) electrons. The van der Waals surface area contributed by atoms with E-state index >= 15 is 0 Å². The number of nitrogens with one attached hydrogen (secondary N) is 2. The van der Waals surface area contributed by atoms with E-state index in [1.165, 1.54) is 11.8 Å². The van der Waals surface area contributed by atoms with Gasteiger partial charge in [0.05, 0.1) is 10.6 Å². The maximum absolute atomic E-state index is 12.3. The Morgan fingerprint density at radius 1 is 1.08 bits per heavy atom. The first-order chi connectivity index (χ1) is 11.8. The Hall–Kier alpha value is -1.83. The van der Waals surface area contributed by atoms with Gasteiger partial charge in [-0.05, 0) is 55.5 Å². The fourth-order valence-electron chi connectivity index (χ4n) is 2.22. The van der Waals surface area contributed by atoms with E-state index in [0.717, 1.165) is 21.7 Å². The van der Waals surface area contributed by atoms with Gasteiger partial charge in [0.1, 0.15) is 0 Å². The van der Waals surface area contributed by atoms with E-state index in [9.17, 15) is 13.2 Å². The van der Waals surface area contributed by atoms with Crippen molar-refractivity contribution >= 4 is 33.4 Å². The van der Waals surface area contributed by atoms with Crippen LogP contribution in [0.1, 0.15) is 17.5 Å². The number of sulfonamides is 1. The van der Waals surface area contributed by atoms with Gasteiger partial charge in [0.2, 0.25) is 15.9 Å². The molecule has 0 saturated carbocycles. The second kappa shape index (κ2) is 8.51. The first-order valence-electron chi connectivity index (χ1n) is 7.83. The molecule has 7 heteroatoms. The van der Waals surface area contributed by atoms with Crippen molar-refractivity contribution in [3.05, 3.63) is 53.6 Å². The minimum Gasteiger partial charge on any atom is -0.325 e. The quantitative estimate of drug-likeness (QED) is 0.725. The first kappa shape index (κ1) is 19.5. The van der Waals surface area contributed by atoms with Gasteiger partial charge in [0.15, 0.2) is 0 Å². The highest BCUT2D eigenvalue weighted by Crippen LogP contribution is 2.24. The number of carbonyl (C=O) groups excluding carboxylic acids is 1. The van der Waals surface area contributed by atoms with Crippen molar-refractivity contribution < 1.29 is 13.2 Å². The zero-order chi connectivity index (χ0) is 18.4. The van der Waals surface area contributed by atoms with Crippen molar-refractivity contribution in [2.24, 2.45) is 0 Å². The van der Waals surface area contributed by atoms with Crippen LogP contribution >= 0.6 is 11.8 Å². The third kappa shape index (κ3) is 5.32. The number of rotatable bonds is 7. The van der Waals surface area contributed by atoms with E-state index < -0.39 is 10.0 Å². The lowest BCUT2D eigenvalue weighted by Crippen LogP contribution is -2.28. The predicted octanol–water partition coefficient (Wildman–Crippen LogP) is 3.33. The van der Waals surface area contributed by atoms with E-state index in [4.69, 9.17) is 0 Å². The fourth-order valence-corrected chi connectivity index (χ4v) is 3.89. The Balaban J connectivity index is 1.93. The molecule has 2 N–H and O–H groups in total. The summed E-state index contributed by atoms with van der Waals surface area (Å²) in [5.74, 6) is -0.232. The lowest BCUT2D eigenvalue weighted by atomic mass is 10.1. The minimum atomic E-state index is -3.62. The third-order valence-electron chi connectivity index (χ3n) is 3.81. The number of benzene rings is 2. The smallest absolute Gasteiger partial charge is 0.240 e. The molecule has 0 aromatic heterocycles. The molecule has 0 aliphatic rings. The Bertz CT molecular complexity index is 864. The summed E-state index contributed by atoms with van der Waals surface area (Å²) >= 11 is 1.54. The number of aryl methyl sites for hydroxylation is 2. The van der Waals surface area contributed by atoms with Crippen molar-refractivity contribution in [1.29, 1.82) is 0 Å². The molecule has 0 fully saturated rings. The van der Waals surface area contributed by atoms with Crippen molar-refractivity contribution in [3.63, 3.8) is 0 Å². The van der Waals surface area contributed by atoms with Gasteiger partial charge >= 0.3 is 0 Å². The Morgan fingerprint density at radius 3 is 2.48 bits per heavy atom. The maximum Gasteiger partial charge on any atom is 0.240 e. The van der Waals surface area contributed by atoms with Crippen LogP contribution in [-0.2, 0) is 14.8 Å². The van der Waals surface area contributed by atoms with Crippen LogP contribution in [0.3, 0.4) is 0 Å². The van der Waals surface area contributed by atoms with Gasteiger partial charge in [-0.25, -0.2) is 13.1 Å². The van der Waals surface area contributed by atoms with Crippen molar-refractivity contribution in [2.45, 2.75) is 30.1 Å². The molecule has 2 rings (SSSR count). The summed E-state index contributed by atoms with van der Waals surface area (Å²) in [5.41, 5.74) is 2.68. The van der Waals surface area contributed by atoms with Crippen molar-refractivity contribution in [1.82, 2.24) is 4.72 Å². The van der Waals surface area contributed by atoms with Gasteiger partial charge in [-0.3, -0.25) is 4.79 Å². The van der Waals surface area contributed by atoms with Crippen LogP contribution in [0.5, 0.6) is 0 Å². The fraction of sp³-hybridized carbons (Fsp3) is 0.278. The van der Waals surface area contributed by atoms with E-state index in [-0.39, 0.29) is 23.8 Å². The van der Waals surface area contributed by atoms with Crippen LogP contribution in [0, 0.1) is 13.8 Å². The van der Waals surface area contributed by atoms with Gasteiger partial charge in [0, 0.05) is 17.9 Å². The molecule has 0 atom stereocenters. The molecular formula is C18H22N2O3S2.